The van der Waals surface area contributed by atoms with Gasteiger partial charge in [-0.15, -0.1) is 0 Å². The summed E-state index contributed by atoms with van der Waals surface area (Å²) in [6.45, 7) is 4.56. The molecule has 0 fully saturated rings. The van der Waals surface area contributed by atoms with Crippen LogP contribution in [0.15, 0.2) is 12.1 Å². The standard InChI is InChI=1S/C12H16ClNO3/c1-3-5-17-12(15)8-6-9(13)10(14)7-11(8)16-4-2/h6-7H,3-5,14H2,1-2H3. The molecule has 4 nitrogen and oxygen atoms in total. The number of hydrogen-bond acceptors (Lipinski definition) is 4. The first-order valence-electron chi connectivity index (χ1n) is 5.49. The summed E-state index contributed by atoms with van der Waals surface area (Å²) < 4.78 is 10.4. The second kappa shape index (κ2) is 6.35. The van der Waals surface area contributed by atoms with Gasteiger partial charge in [-0.1, -0.05) is 18.5 Å². The van der Waals surface area contributed by atoms with Gasteiger partial charge in [0.1, 0.15) is 11.3 Å². The number of hydrogen-bond donors (Lipinski definition) is 1. The van der Waals surface area contributed by atoms with Crippen LogP contribution in [0.3, 0.4) is 0 Å². The van der Waals surface area contributed by atoms with Crippen molar-refractivity contribution in [2.75, 3.05) is 18.9 Å². The van der Waals surface area contributed by atoms with Crippen molar-refractivity contribution < 1.29 is 14.3 Å². The molecule has 0 saturated carbocycles. The average molecular weight is 258 g/mol. The molecule has 0 aromatic heterocycles. The van der Waals surface area contributed by atoms with E-state index in [1.165, 1.54) is 12.1 Å². The van der Waals surface area contributed by atoms with E-state index in [0.29, 0.717) is 35.2 Å². The molecule has 0 spiro atoms. The molecule has 2 N–H and O–H groups in total. The SMILES string of the molecule is CCCOC(=O)c1cc(Cl)c(N)cc1OCC. The van der Waals surface area contributed by atoms with Crippen LogP contribution in [0.4, 0.5) is 5.69 Å². The number of halogens is 1. The summed E-state index contributed by atoms with van der Waals surface area (Å²) in [5.74, 6) is -0.0484. The third-order valence-electron chi connectivity index (χ3n) is 2.06. The van der Waals surface area contributed by atoms with Crippen molar-refractivity contribution >= 4 is 23.3 Å². The molecular weight excluding hydrogens is 242 g/mol. The van der Waals surface area contributed by atoms with E-state index in [1.807, 2.05) is 13.8 Å². The van der Waals surface area contributed by atoms with E-state index in [0.717, 1.165) is 6.42 Å². The Hall–Kier alpha value is -1.42. The Balaban J connectivity index is 3.02. The van der Waals surface area contributed by atoms with Gasteiger partial charge < -0.3 is 15.2 Å². The number of benzene rings is 1. The predicted molar refractivity (Wildman–Crippen MR) is 67.6 cm³/mol. The van der Waals surface area contributed by atoms with E-state index < -0.39 is 5.97 Å². The van der Waals surface area contributed by atoms with Crippen LogP contribution in [0.1, 0.15) is 30.6 Å². The van der Waals surface area contributed by atoms with Crippen molar-refractivity contribution in [3.8, 4) is 5.75 Å². The molecule has 17 heavy (non-hydrogen) atoms. The average Bonchev–Trinajstić information content (AvgIpc) is 2.30. The molecule has 1 aromatic carbocycles. The van der Waals surface area contributed by atoms with Crippen LogP contribution in [0, 0.1) is 0 Å². The zero-order valence-electron chi connectivity index (χ0n) is 9.96. The van der Waals surface area contributed by atoms with Gasteiger partial charge in [0.05, 0.1) is 23.9 Å². The van der Waals surface area contributed by atoms with E-state index >= 15 is 0 Å². The van der Waals surface area contributed by atoms with Crippen molar-refractivity contribution in [2.45, 2.75) is 20.3 Å². The summed E-state index contributed by atoms with van der Waals surface area (Å²) in [6.07, 6.45) is 0.762. The lowest BCUT2D eigenvalue weighted by Gasteiger charge is -2.11. The number of esters is 1. The Morgan fingerprint density at radius 1 is 1.41 bits per heavy atom. The van der Waals surface area contributed by atoms with E-state index in [9.17, 15) is 4.79 Å². The lowest BCUT2D eigenvalue weighted by Crippen LogP contribution is -2.09. The lowest BCUT2D eigenvalue weighted by molar-refractivity contribution is 0.0501. The van der Waals surface area contributed by atoms with Crippen molar-refractivity contribution in [2.24, 2.45) is 0 Å². The van der Waals surface area contributed by atoms with Crippen LogP contribution in [0.25, 0.3) is 0 Å². The van der Waals surface area contributed by atoms with Crippen LogP contribution in [-0.2, 0) is 4.74 Å². The van der Waals surface area contributed by atoms with Crippen LogP contribution in [0.5, 0.6) is 5.75 Å². The minimum Gasteiger partial charge on any atom is -0.493 e. The van der Waals surface area contributed by atoms with E-state index in [4.69, 9.17) is 26.8 Å². The first kappa shape index (κ1) is 13.6. The van der Waals surface area contributed by atoms with E-state index in [1.54, 1.807) is 0 Å². The Bertz CT molecular complexity index is 407. The molecule has 0 atom stereocenters. The van der Waals surface area contributed by atoms with Crippen molar-refractivity contribution in [3.05, 3.63) is 22.7 Å². The van der Waals surface area contributed by atoms with Crippen molar-refractivity contribution in [1.82, 2.24) is 0 Å². The van der Waals surface area contributed by atoms with Crippen LogP contribution in [-0.4, -0.2) is 19.2 Å². The molecule has 0 radical (unpaired) electrons. The number of rotatable bonds is 5. The van der Waals surface area contributed by atoms with Crippen LogP contribution < -0.4 is 10.5 Å². The van der Waals surface area contributed by atoms with Crippen LogP contribution in [0.2, 0.25) is 5.02 Å². The van der Waals surface area contributed by atoms with Gasteiger partial charge in [0.25, 0.3) is 0 Å². The fraction of sp³-hybridized carbons (Fsp3) is 0.417. The van der Waals surface area contributed by atoms with Crippen molar-refractivity contribution in [1.29, 1.82) is 0 Å². The maximum Gasteiger partial charge on any atom is 0.341 e. The van der Waals surface area contributed by atoms with Gasteiger partial charge in [-0.05, 0) is 19.4 Å². The zero-order chi connectivity index (χ0) is 12.8. The molecular formula is C12H16ClNO3. The lowest BCUT2D eigenvalue weighted by atomic mass is 10.2. The third-order valence-corrected chi connectivity index (χ3v) is 2.38. The molecule has 1 rings (SSSR count). The Morgan fingerprint density at radius 3 is 2.71 bits per heavy atom. The predicted octanol–water partition coefficient (Wildman–Crippen LogP) is 2.89. The Morgan fingerprint density at radius 2 is 2.12 bits per heavy atom. The summed E-state index contributed by atoms with van der Waals surface area (Å²) in [6, 6.07) is 3.01. The summed E-state index contributed by atoms with van der Waals surface area (Å²) in [5, 5.41) is 0.317. The van der Waals surface area contributed by atoms with Crippen LogP contribution >= 0.6 is 11.6 Å². The highest BCUT2D eigenvalue weighted by Gasteiger charge is 2.16. The van der Waals surface area contributed by atoms with E-state index in [2.05, 4.69) is 0 Å². The molecule has 5 heteroatoms. The van der Waals surface area contributed by atoms with Gasteiger partial charge in [-0.2, -0.15) is 0 Å². The Labute approximate surface area is 106 Å². The number of ether oxygens (including phenoxy) is 2. The smallest absolute Gasteiger partial charge is 0.341 e. The number of anilines is 1. The number of carbonyl (C=O) groups excluding carboxylic acids is 1. The maximum absolute atomic E-state index is 11.8. The maximum atomic E-state index is 11.8. The second-order valence-corrected chi connectivity index (χ2v) is 3.85. The number of nitrogens with two attached hydrogens (primary N) is 1. The van der Waals surface area contributed by atoms with Gasteiger partial charge in [0, 0.05) is 6.07 Å². The molecule has 0 bridgehead atoms. The summed E-state index contributed by atoms with van der Waals surface area (Å²) in [7, 11) is 0. The normalized spacial score (nSPS) is 10.1. The quantitative estimate of drug-likeness (QED) is 0.651. The summed E-state index contributed by atoms with van der Waals surface area (Å²) >= 11 is 5.88. The zero-order valence-corrected chi connectivity index (χ0v) is 10.7. The van der Waals surface area contributed by atoms with Gasteiger partial charge in [0.15, 0.2) is 0 Å². The molecule has 0 heterocycles. The topological polar surface area (TPSA) is 61.5 Å². The third kappa shape index (κ3) is 3.53. The van der Waals surface area contributed by atoms with Gasteiger partial charge in [-0.3, -0.25) is 0 Å². The molecule has 0 aliphatic heterocycles. The summed E-state index contributed by atoms with van der Waals surface area (Å²) in [4.78, 5) is 11.8. The van der Waals surface area contributed by atoms with E-state index in [-0.39, 0.29) is 0 Å². The second-order valence-electron chi connectivity index (χ2n) is 3.44. The molecule has 0 amide bonds. The first-order valence-corrected chi connectivity index (χ1v) is 5.86. The van der Waals surface area contributed by atoms with Crippen molar-refractivity contribution in [3.63, 3.8) is 0 Å². The molecule has 94 valence electrons. The highest BCUT2D eigenvalue weighted by Crippen LogP contribution is 2.29. The number of carbonyl (C=O) groups is 1. The van der Waals surface area contributed by atoms with Gasteiger partial charge in [0.2, 0.25) is 0 Å². The minimum absolute atomic E-state index is 0.305. The minimum atomic E-state index is -0.447. The van der Waals surface area contributed by atoms with Gasteiger partial charge >= 0.3 is 5.97 Å². The monoisotopic (exact) mass is 257 g/mol. The van der Waals surface area contributed by atoms with Gasteiger partial charge in [-0.25, -0.2) is 4.79 Å². The summed E-state index contributed by atoms with van der Waals surface area (Å²) in [5.41, 5.74) is 6.34. The fourth-order valence-corrected chi connectivity index (χ4v) is 1.44. The fourth-order valence-electron chi connectivity index (χ4n) is 1.28. The highest BCUT2D eigenvalue weighted by atomic mass is 35.5. The molecule has 0 aliphatic rings. The molecule has 0 aliphatic carbocycles. The first-order chi connectivity index (χ1) is 8.10. The molecule has 0 unspecified atom stereocenters. The highest BCUT2D eigenvalue weighted by molar-refractivity contribution is 6.33. The molecule has 0 saturated heterocycles. The largest absolute Gasteiger partial charge is 0.493 e. The number of nitrogen functional groups attached to an aromatic ring is 1. The molecule has 1 aromatic rings. The Kier molecular flexibility index (Phi) is 5.10.